The number of benzene rings is 1. The molecule has 1 saturated carbocycles. The normalized spacial score (nSPS) is 17.1. The SMILES string of the molecule is Cc1ccc(CC(NCCCO)C2CC2)cc1. The van der Waals surface area contributed by atoms with E-state index in [-0.39, 0.29) is 6.61 Å². The lowest BCUT2D eigenvalue weighted by molar-refractivity contribution is 0.281. The highest BCUT2D eigenvalue weighted by molar-refractivity contribution is 5.22. The van der Waals surface area contributed by atoms with Crippen molar-refractivity contribution in [3.05, 3.63) is 35.4 Å². The molecule has 1 aromatic carbocycles. The number of aliphatic hydroxyl groups excluding tert-OH is 1. The molecule has 0 bridgehead atoms. The van der Waals surface area contributed by atoms with Gasteiger partial charge in [0.05, 0.1) is 0 Å². The van der Waals surface area contributed by atoms with Gasteiger partial charge >= 0.3 is 0 Å². The maximum atomic E-state index is 8.81. The molecule has 2 nitrogen and oxygen atoms in total. The minimum absolute atomic E-state index is 0.287. The lowest BCUT2D eigenvalue weighted by Gasteiger charge is -2.18. The van der Waals surface area contributed by atoms with E-state index in [4.69, 9.17) is 5.11 Å². The molecule has 0 aromatic heterocycles. The first kappa shape index (κ1) is 12.6. The maximum absolute atomic E-state index is 8.81. The summed E-state index contributed by atoms with van der Waals surface area (Å²) in [5.74, 6) is 0.856. The summed E-state index contributed by atoms with van der Waals surface area (Å²) in [5, 5.41) is 12.4. The molecular formula is C15H23NO. The van der Waals surface area contributed by atoms with Gasteiger partial charge in [0, 0.05) is 12.6 Å². The van der Waals surface area contributed by atoms with Crippen LogP contribution in [0.5, 0.6) is 0 Å². The van der Waals surface area contributed by atoms with Gasteiger partial charge in [0.15, 0.2) is 0 Å². The quantitative estimate of drug-likeness (QED) is 0.708. The lowest BCUT2D eigenvalue weighted by Crippen LogP contribution is -2.34. The molecule has 1 fully saturated rings. The Bertz CT molecular complexity index is 329. The van der Waals surface area contributed by atoms with Crippen molar-refractivity contribution >= 4 is 0 Å². The van der Waals surface area contributed by atoms with Crippen LogP contribution >= 0.6 is 0 Å². The fourth-order valence-electron chi connectivity index (χ4n) is 2.25. The fraction of sp³-hybridized carbons (Fsp3) is 0.600. The van der Waals surface area contributed by atoms with Crippen LogP contribution in [0.1, 0.15) is 30.4 Å². The van der Waals surface area contributed by atoms with Crippen LogP contribution in [0, 0.1) is 12.8 Å². The molecule has 1 unspecified atom stereocenters. The smallest absolute Gasteiger partial charge is 0.0443 e. The van der Waals surface area contributed by atoms with Gasteiger partial charge in [0.25, 0.3) is 0 Å². The van der Waals surface area contributed by atoms with Crippen LogP contribution in [0.4, 0.5) is 0 Å². The van der Waals surface area contributed by atoms with Crippen molar-refractivity contribution in [3.63, 3.8) is 0 Å². The zero-order valence-electron chi connectivity index (χ0n) is 10.7. The second-order valence-electron chi connectivity index (χ2n) is 5.16. The highest BCUT2D eigenvalue weighted by Crippen LogP contribution is 2.34. The molecule has 0 amide bonds. The predicted molar refractivity (Wildman–Crippen MR) is 71.1 cm³/mol. The van der Waals surface area contributed by atoms with E-state index in [1.54, 1.807) is 0 Å². The van der Waals surface area contributed by atoms with Crippen LogP contribution in [0.25, 0.3) is 0 Å². The van der Waals surface area contributed by atoms with Crippen LogP contribution in [-0.2, 0) is 6.42 Å². The van der Waals surface area contributed by atoms with Crippen molar-refractivity contribution in [1.29, 1.82) is 0 Å². The Labute approximate surface area is 104 Å². The number of rotatable bonds is 7. The highest BCUT2D eigenvalue weighted by Gasteiger charge is 2.30. The second kappa shape index (κ2) is 6.18. The Morgan fingerprint density at radius 3 is 2.59 bits per heavy atom. The third kappa shape index (κ3) is 4.14. The van der Waals surface area contributed by atoms with Crippen LogP contribution in [0.2, 0.25) is 0 Å². The van der Waals surface area contributed by atoms with Crippen molar-refractivity contribution in [2.24, 2.45) is 5.92 Å². The molecule has 0 saturated heterocycles. The van der Waals surface area contributed by atoms with E-state index >= 15 is 0 Å². The molecule has 94 valence electrons. The Morgan fingerprint density at radius 2 is 2.00 bits per heavy atom. The maximum Gasteiger partial charge on any atom is 0.0443 e. The van der Waals surface area contributed by atoms with Gasteiger partial charge in [-0.3, -0.25) is 0 Å². The molecular weight excluding hydrogens is 210 g/mol. The topological polar surface area (TPSA) is 32.3 Å². The van der Waals surface area contributed by atoms with Crippen molar-refractivity contribution in [3.8, 4) is 0 Å². The van der Waals surface area contributed by atoms with E-state index in [9.17, 15) is 0 Å². The molecule has 1 atom stereocenters. The van der Waals surface area contributed by atoms with Gasteiger partial charge < -0.3 is 10.4 Å². The van der Waals surface area contributed by atoms with Gasteiger partial charge in [0.2, 0.25) is 0 Å². The fourth-order valence-corrected chi connectivity index (χ4v) is 2.25. The van der Waals surface area contributed by atoms with Gasteiger partial charge in [-0.1, -0.05) is 29.8 Å². The molecule has 1 aliphatic rings. The van der Waals surface area contributed by atoms with Crippen LogP contribution in [0.15, 0.2) is 24.3 Å². The summed E-state index contributed by atoms with van der Waals surface area (Å²) in [6, 6.07) is 9.45. The van der Waals surface area contributed by atoms with Crippen LogP contribution in [-0.4, -0.2) is 24.3 Å². The molecule has 2 N–H and O–H groups in total. The first-order valence-corrected chi connectivity index (χ1v) is 6.69. The number of nitrogens with one attached hydrogen (secondary N) is 1. The molecule has 17 heavy (non-hydrogen) atoms. The Balaban J connectivity index is 1.86. The van der Waals surface area contributed by atoms with Gasteiger partial charge in [-0.25, -0.2) is 0 Å². The summed E-state index contributed by atoms with van der Waals surface area (Å²) >= 11 is 0. The summed E-state index contributed by atoms with van der Waals surface area (Å²) in [7, 11) is 0. The summed E-state index contributed by atoms with van der Waals surface area (Å²) in [6.07, 6.45) is 4.71. The van der Waals surface area contributed by atoms with Crippen molar-refractivity contribution in [1.82, 2.24) is 5.32 Å². The third-order valence-corrected chi connectivity index (χ3v) is 3.51. The van der Waals surface area contributed by atoms with Gasteiger partial charge in [-0.15, -0.1) is 0 Å². The van der Waals surface area contributed by atoms with Crippen molar-refractivity contribution < 1.29 is 5.11 Å². The minimum atomic E-state index is 0.287. The molecule has 0 radical (unpaired) electrons. The van der Waals surface area contributed by atoms with E-state index < -0.39 is 0 Å². The number of aliphatic hydroxyl groups is 1. The molecule has 1 aromatic rings. The number of aryl methyl sites for hydroxylation is 1. The molecule has 2 rings (SSSR count). The predicted octanol–water partition coefficient (Wildman–Crippen LogP) is 2.29. The van der Waals surface area contributed by atoms with E-state index in [0.29, 0.717) is 6.04 Å². The van der Waals surface area contributed by atoms with Crippen LogP contribution in [0.3, 0.4) is 0 Å². The first-order valence-electron chi connectivity index (χ1n) is 6.69. The Morgan fingerprint density at radius 1 is 1.29 bits per heavy atom. The second-order valence-corrected chi connectivity index (χ2v) is 5.16. The average Bonchev–Trinajstić information content (AvgIpc) is 3.15. The molecule has 2 heteroatoms. The van der Waals surface area contributed by atoms with Gasteiger partial charge in [0.1, 0.15) is 0 Å². The zero-order chi connectivity index (χ0) is 12.1. The highest BCUT2D eigenvalue weighted by atomic mass is 16.3. The summed E-state index contributed by atoms with van der Waals surface area (Å²) < 4.78 is 0. The Kier molecular flexibility index (Phi) is 4.57. The van der Waals surface area contributed by atoms with E-state index in [0.717, 1.165) is 25.3 Å². The minimum Gasteiger partial charge on any atom is -0.396 e. The standard InChI is InChI=1S/C15H23NO/c1-12-3-5-13(6-4-12)11-15(14-7-8-14)16-9-2-10-17/h3-6,14-17H,2,7-11H2,1H3. The number of hydrogen-bond acceptors (Lipinski definition) is 2. The van der Waals surface area contributed by atoms with E-state index in [1.165, 1.54) is 24.0 Å². The summed E-state index contributed by atoms with van der Waals surface area (Å²) in [6.45, 7) is 3.35. The third-order valence-electron chi connectivity index (χ3n) is 3.51. The molecule has 0 spiro atoms. The summed E-state index contributed by atoms with van der Waals surface area (Å²) in [4.78, 5) is 0. The monoisotopic (exact) mass is 233 g/mol. The van der Waals surface area contributed by atoms with Crippen molar-refractivity contribution in [2.75, 3.05) is 13.2 Å². The van der Waals surface area contributed by atoms with Crippen LogP contribution < -0.4 is 5.32 Å². The molecule has 0 heterocycles. The molecule has 1 aliphatic carbocycles. The average molecular weight is 233 g/mol. The lowest BCUT2D eigenvalue weighted by atomic mass is 10.0. The summed E-state index contributed by atoms with van der Waals surface area (Å²) in [5.41, 5.74) is 2.74. The van der Waals surface area contributed by atoms with E-state index in [1.807, 2.05) is 0 Å². The largest absolute Gasteiger partial charge is 0.396 e. The number of hydrogen-bond donors (Lipinski definition) is 2. The van der Waals surface area contributed by atoms with E-state index in [2.05, 4.69) is 36.5 Å². The zero-order valence-corrected chi connectivity index (χ0v) is 10.7. The molecule has 0 aliphatic heterocycles. The van der Waals surface area contributed by atoms with Crippen molar-refractivity contribution in [2.45, 2.75) is 38.6 Å². The van der Waals surface area contributed by atoms with Gasteiger partial charge in [-0.05, 0) is 50.6 Å². The Hall–Kier alpha value is -0.860. The first-order chi connectivity index (χ1) is 8.29. The van der Waals surface area contributed by atoms with Gasteiger partial charge in [-0.2, -0.15) is 0 Å².